The standard InChI is InChI=1S/C54H36O/c1-2-15-43-38(11-1)12-10-21-44(43)41-13-9-14-42(33-41)54-48-19-5-3-17-46(48)53(47-18-4-6-20-49(47)54)39-29-27-36(28-30-39)35-23-25-37(26-24-35)40-31-32-52-50(34-40)45-16-7-8-22-51(45)55-52/h1-7,9-21,23-34H,8,22H2. The summed E-state index contributed by atoms with van der Waals surface area (Å²) in [6.45, 7) is 0. The molecule has 1 aliphatic rings. The van der Waals surface area contributed by atoms with E-state index in [0.29, 0.717) is 0 Å². The number of furan rings is 1. The maximum Gasteiger partial charge on any atom is 0.134 e. The predicted molar refractivity (Wildman–Crippen MR) is 233 cm³/mol. The zero-order valence-electron chi connectivity index (χ0n) is 30.3. The van der Waals surface area contributed by atoms with Gasteiger partial charge in [0.2, 0.25) is 0 Å². The molecule has 1 aromatic heterocycles. The second kappa shape index (κ2) is 12.9. The monoisotopic (exact) mass is 700 g/mol. The first-order valence-electron chi connectivity index (χ1n) is 19.2. The lowest BCUT2D eigenvalue weighted by atomic mass is 9.85. The average molecular weight is 701 g/mol. The highest BCUT2D eigenvalue weighted by Crippen LogP contribution is 2.45. The van der Waals surface area contributed by atoms with E-state index in [2.05, 4.69) is 194 Å². The second-order valence-electron chi connectivity index (χ2n) is 14.7. The van der Waals surface area contributed by atoms with Crippen LogP contribution in [-0.2, 0) is 6.42 Å². The van der Waals surface area contributed by atoms with Gasteiger partial charge in [0.05, 0.1) is 0 Å². The van der Waals surface area contributed by atoms with Gasteiger partial charge in [-0.1, -0.05) is 176 Å². The quantitative estimate of drug-likeness (QED) is 0.163. The zero-order chi connectivity index (χ0) is 36.3. The third-order valence-corrected chi connectivity index (χ3v) is 11.5. The molecule has 0 bridgehead atoms. The summed E-state index contributed by atoms with van der Waals surface area (Å²) in [6.07, 6.45) is 6.48. The van der Waals surface area contributed by atoms with Gasteiger partial charge in [-0.2, -0.15) is 0 Å². The fourth-order valence-corrected chi connectivity index (χ4v) is 8.89. The third kappa shape index (κ3) is 5.31. The Bertz CT molecular complexity index is 3060. The number of rotatable bonds is 5. The summed E-state index contributed by atoms with van der Waals surface area (Å²) in [5, 5.41) is 8.77. The highest BCUT2D eigenvalue weighted by Gasteiger charge is 2.18. The van der Waals surface area contributed by atoms with Crippen molar-refractivity contribution < 1.29 is 4.42 Å². The van der Waals surface area contributed by atoms with Crippen molar-refractivity contribution >= 4 is 49.4 Å². The van der Waals surface area contributed by atoms with E-state index in [1.54, 1.807) is 0 Å². The van der Waals surface area contributed by atoms with Crippen molar-refractivity contribution in [3.8, 4) is 55.6 Å². The molecule has 0 radical (unpaired) electrons. The molecular formula is C54H36O. The number of aryl methyl sites for hydroxylation is 1. The number of fused-ring (bicyclic) bond motifs is 6. The van der Waals surface area contributed by atoms with Gasteiger partial charge in [0.15, 0.2) is 0 Å². The van der Waals surface area contributed by atoms with Crippen LogP contribution in [0.25, 0.3) is 105 Å². The van der Waals surface area contributed by atoms with Gasteiger partial charge in [0.1, 0.15) is 11.3 Å². The molecule has 0 atom stereocenters. The maximum absolute atomic E-state index is 6.15. The molecule has 0 saturated heterocycles. The molecular weight excluding hydrogens is 665 g/mol. The molecule has 1 aliphatic carbocycles. The van der Waals surface area contributed by atoms with Gasteiger partial charge in [-0.15, -0.1) is 0 Å². The van der Waals surface area contributed by atoms with Crippen LogP contribution in [0.2, 0.25) is 0 Å². The lowest BCUT2D eigenvalue weighted by molar-refractivity contribution is 0.546. The first-order chi connectivity index (χ1) is 27.3. The van der Waals surface area contributed by atoms with Crippen LogP contribution in [0.4, 0.5) is 0 Å². The molecule has 0 spiro atoms. The molecule has 1 nitrogen and oxygen atoms in total. The molecule has 0 saturated carbocycles. The Balaban J connectivity index is 0.972. The van der Waals surface area contributed by atoms with E-state index in [0.717, 1.165) is 24.2 Å². The zero-order valence-corrected chi connectivity index (χ0v) is 30.3. The Hall–Kier alpha value is -6.96. The van der Waals surface area contributed by atoms with Crippen LogP contribution in [0.15, 0.2) is 192 Å². The predicted octanol–water partition coefficient (Wildman–Crippen LogP) is 15.2. The number of hydrogen-bond acceptors (Lipinski definition) is 1. The highest BCUT2D eigenvalue weighted by atomic mass is 16.3. The smallest absolute Gasteiger partial charge is 0.134 e. The first kappa shape index (κ1) is 31.6. The van der Waals surface area contributed by atoms with E-state index in [1.165, 1.54) is 98.9 Å². The van der Waals surface area contributed by atoms with Crippen LogP contribution in [-0.4, -0.2) is 0 Å². The van der Waals surface area contributed by atoms with Gasteiger partial charge in [-0.25, -0.2) is 0 Å². The summed E-state index contributed by atoms with van der Waals surface area (Å²) < 4.78 is 6.15. The van der Waals surface area contributed by atoms with Crippen LogP contribution in [0.3, 0.4) is 0 Å². The Morgan fingerprint density at radius 2 is 0.891 bits per heavy atom. The first-order valence-corrected chi connectivity index (χ1v) is 19.2. The van der Waals surface area contributed by atoms with Gasteiger partial charge in [-0.05, 0) is 113 Å². The maximum atomic E-state index is 6.15. The fourth-order valence-electron chi connectivity index (χ4n) is 8.89. The molecule has 10 aromatic rings. The summed E-state index contributed by atoms with van der Waals surface area (Å²) in [4.78, 5) is 0. The summed E-state index contributed by atoms with van der Waals surface area (Å²) >= 11 is 0. The van der Waals surface area contributed by atoms with E-state index in [-0.39, 0.29) is 0 Å². The second-order valence-corrected chi connectivity index (χ2v) is 14.7. The molecule has 9 aromatic carbocycles. The molecule has 0 N–H and O–H groups in total. The minimum absolute atomic E-state index is 0.971. The molecule has 1 heterocycles. The van der Waals surface area contributed by atoms with E-state index in [9.17, 15) is 0 Å². The Morgan fingerprint density at radius 3 is 1.58 bits per heavy atom. The minimum atomic E-state index is 0.971. The van der Waals surface area contributed by atoms with Crippen molar-refractivity contribution in [1.82, 2.24) is 0 Å². The molecule has 0 fully saturated rings. The molecule has 0 aliphatic heterocycles. The van der Waals surface area contributed by atoms with E-state index >= 15 is 0 Å². The van der Waals surface area contributed by atoms with Crippen molar-refractivity contribution in [1.29, 1.82) is 0 Å². The van der Waals surface area contributed by atoms with Crippen LogP contribution < -0.4 is 0 Å². The SMILES string of the molecule is C1=Cc2c(oc3ccc(-c4ccc(-c5ccc(-c6c7ccccc7c(-c7cccc(-c8cccc9ccccc89)c7)c7ccccc67)cc5)cc4)cc23)CC1. The van der Waals surface area contributed by atoms with Crippen molar-refractivity contribution in [3.05, 3.63) is 199 Å². The van der Waals surface area contributed by atoms with Gasteiger partial charge < -0.3 is 4.42 Å². The Morgan fingerprint density at radius 1 is 0.364 bits per heavy atom. The summed E-state index contributed by atoms with van der Waals surface area (Å²) in [7, 11) is 0. The average Bonchev–Trinajstić information content (AvgIpc) is 3.63. The van der Waals surface area contributed by atoms with E-state index < -0.39 is 0 Å². The third-order valence-electron chi connectivity index (χ3n) is 11.5. The van der Waals surface area contributed by atoms with Gasteiger partial charge in [0, 0.05) is 17.4 Å². The summed E-state index contributed by atoms with van der Waals surface area (Å²) in [6, 6.07) is 66.8. The molecule has 11 rings (SSSR count). The molecule has 0 amide bonds. The summed E-state index contributed by atoms with van der Waals surface area (Å²) in [5.41, 5.74) is 14.5. The van der Waals surface area contributed by atoms with Crippen molar-refractivity contribution in [2.24, 2.45) is 0 Å². The highest BCUT2D eigenvalue weighted by molar-refractivity contribution is 6.21. The van der Waals surface area contributed by atoms with Crippen molar-refractivity contribution in [2.45, 2.75) is 12.8 Å². The molecule has 258 valence electrons. The number of hydrogen-bond donors (Lipinski definition) is 0. The Kier molecular flexibility index (Phi) is 7.38. The number of benzene rings is 9. The fraction of sp³-hybridized carbons (Fsp3) is 0.0370. The Labute approximate surface area is 320 Å². The van der Waals surface area contributed by atoms with Crippen molar-refractivity contribution in [2.75, 3.05) is 0 Å². The summed E-state index contributed by atoms with van der Waals surface area (Å²) in [5.74, 6) is 1.10. The van der Waals surface area contributed by atoms with Gasteiger partial charge in [-0.3, -0.25) is 0 Å². The lowest BCUT2D eigenvalue weighted by Gasteiger charge is -2.18. The minimum Gasteiger partial charge on any atom is -0.460 e. The van der Waals surface area contributed by atoms with E-state index in [1.807, 2.05) is 0 Å². The van der Waals surface area contributed by atoms with Gasteiger partial charge in [0.25, 0.3) is 0 Å². The topological polar surface area (TPSA) is 13.1 Å². The molecule has 1 heteroatoms. The van der Waals surface area contributed by atoms with Crippen LogP contribution in [0.1, 0.15) is 17.7 Å². The van der Waals surface area contributed by atoms with Gasteiger partial charge >= 0.3 is 0 Å². The lowest BCUT2D eigenvalue weighted by Crippen LogP contribution is -1.91. The normalized spacial score (nSPS) is 12.5. The van der Waals surface area contributed by atoms with Crippen LogP contribution >= 0.6 is 0 Å². The molecule has 55 heavy (non-hydrogen) atoms. The van der Waals surface area contributed by atoms with Crippen LogP contribution in [0, 0.1) is 0 Å². The molecule has 0 unspecified atom stereocenters. The largest absolute Gasteiger partial charge is 0.460 e. The number of allylic oxidation sites excluding steroid dienone is 1. The van der Waals surface area contributed by atoms with Crippen LogP contribution in [0.5, 0.6) is 0 Å². The van der Waals surface area contributed by atoms with E-state index in [4.69, 9.17) is 4.42 Å². The van der Waals surface area contributed by atoms with Crippen molar-refractivity contribution in [3.63, 3.8) is 0 Å².